The van der Waals surface area contributed by atoms with Crippen molar-refractivity contribution in [2.45, 2.75) is 25.3 Å². The number of aliphatic carboxylic acids is 3. The van der Waals surface area contributed by atoms with Crippen LogP contribution in [0.2, 0.25) is 0 Å². The molecular weight excluding hydrogens is 348 g/mol. The first-order valence-corrected chi connectivity index (χ1v) is 7.37. The molecule has 2 rings (SSSR count). The highest BCUT2D eigenvalue weighted by atomic mass is 16.4. The highest BCUT2D eigenvalue weighted by Gasteiger charge is 2.15. The number of carboxylic acid groups (broad SMARTS) is 3. The summed E-state index contributed by atoms with van der Waals surface area (Å²) >= 11 is 0. The molecule has 0 spiro atoms. The quantitative estimate of drug-likeness (QED) is 0.375. The van der Waals surface area contributed by atoms with Crippen molar-refractivity contribution < 1.29 is 39.6 Å². The number of nitrogens with one attached hydrogen (secondary N) is 1. The lowest BCUT2D eigenvalue weighted by atomic mass is 10.1. The molecule has 0 saturated carbocycles. The van der Waals surface area contributed by atoms with Crippen molar-refractivity contribution in [3.8, 4) is 5.75 Å². The zero-order chi connectivity index (χ0) is 19.9. The minimum atomic E-state index is -1.58. The van der Waals surface area contributed by atoms with Gasteiger partial charge in [0.15, 0.2) is 0 Å². The van der Waals surface area contributed by atoms with Gasteiger partial charge in [-0.25, -0.2) is 4.79 Å². The summed E-state index contributed by atoms with van der Waals surface area (Å²) in [4.78, 5) is 43.4. The number of H-pyrrole nitrogens is 1. The molecule has 0 saturated heterocycles. The van der Waals surface area contributed by atoms with Gasteiger partial charge >= 0.3 is 17.9 Å². The first-order chi connectivity index (χ1) is 12.1. The number of Topliss-reactive ketones (excluding diaryl/α,β-unsaturated/α-hetero) is 1. The highest BCUT2D eigenvalue weighted by molar-refractivity contribution is 6.32. The molecule has 1 aromatic carbocycles. The standard InChI is InChI=1S/C11H12N2O3.C5H6O5/c12-9(11(15)16)3-6-5-13-10-2-1-7(14)4-8(6)10;6-3(5(9)10)1-2-4(7)8/h1-2,4-5,9,13-14H,3,12H2,(H,15,16);1-2H2,(H,7,8)(H,9,10)/t9-;/m0./s1. The van der Waals surface area contributed by atoms with E-state index in [0.717, 1.165) is 16.5 Å². The van der Waals surface area contributed by atoms with Gasteiger partial charge < -0.3 is 31.1 Å². The number of carbonyl (C=O) groups is 4. The fourth-order valence-corrected chi connectivity index (χ4v) is 1.99. The van der Waals surface area contributed by atoms with E-state index in [1.165, 1.54) is 0 Å². The number of hydrogen-bond donors (Lipinski definition) is 6. The number of phenolic OH excluding ortho intramolecular Hbond substituents is 1. The zero-order valence-electron chi connectivity index (χ0n) is 13.5. The molecule has 1 atom stereocenters. The van der Waals surface area contributed by atoms with Gasteiger partial charge in [0.1, 0.15) is 11.8 Å². The Morgan fingerprint density at radius 1 is 1.08 bits per heavy atom. The number of rotatable bonds is 7. The van der Waals surface area contributed by atoms with Crippen LogP contribution in [-0.4, -0.2) is 55.1 Å². The number of ketones is 1. The Kier molecular flexibility index (Phi) is 7.29. The summed E-state index contributed by atoms with van der Waals surface area (Å²) in [7, 11) is 0. The predicted molar refractivity (Wildman–Crippen MR) is 88.8 cm³/mol. The summed E-state index contributed by atoms with van der Waals surface area (Å²) in [5.74, 6) is -4.70. The monoisotopic (exact) mass is 366 g/mol. The molecule has 0 aliphatic rings. The lowest BCUT2D eigenvalue weighted by molar-refractivity contribution is -0.149. The Balaban J connectivity index is 0.000000294. The highest BCUT2D eigenvalue weighted by Crippen LogP contribution is 2.23. The van der Waals surface area contributed by atoms with E-state index in [1.54, 1.807) is 24.4 Å². The maximum Gasteiger partial charge on any atom is 0.372 e. The molecule has 10 nitrogen and oxygen atoms in total. The van der Waals surface area contributed by atoms with Crippen LogP contribution in [0, 0.1) is 0 Å². The number of phenols is 1. The largest absolute Gasteiger partial charge is 0.508 e. The molecule has 0 bridgehead atoms. The van der Waals surface area contributed by atoms with Crippen molar-refractivity contribution in [1.29, 1.82) is 0 Å². The summed E-state index contributed by atoms with van der Waals surface area (Å²) in [6.45, 7) is 0. The molecule has 0 fully saturated rings. The van der Waals surface area contributed by atoms with E-state index in [4.69, 9.17) is 21.1 Å². The zero-order valence-corrected chi connectivity index (χ0v) is 13.5. The van der Waals surface area contributed by atoms with E-state index in [-0.39, 0.29) is 12.2 Å². The number of aromatic hydroxyl groups is 1. The number of fused-ring (bicyclic) bond motifs is 1. The number of benzene rings is 1. The third-order valence-electron chi connectivity index (χ3n) is 3.31. The third-order valence-corrected chi connectivity index (χ3v) is 3.31. The summed E-state index contributed by atoms with van der Waals surface area (Å²) < 4.78 is 0. The van der Waals surface area contributed by atoms with Crippen molar-refractivity contribution in [1.82, 2.24) is 4.98 Å². The van der Waals surface area contributed by atoms with Gasteiger partial charge in [0.2, 0.25) is 5.78 Å². The second kappa shape index (κ2) is 9.18. The Morgan fingerprint density at radius 2 is 1.73 bits per heavy atom. The topological polar surface area (TPSA) is 191 Å². The molecule has 0 radical (unpaired) electrons. The molecular formula is C16H18N2O8. The summed E-state index contributed by atoms with van der Waals surface area (Å²) in [5.41, 5.74) is 7.11. The summed E-state index contributed by atoms with van der Waals surface area (Å²) in [5, 5.41) is 34.8. The lowest BCUT2D eigenvalue weighted by Gasteiger charge is -2.04. The van der Waals surface area contributed by atoms with Gasteiger partial charge in [-0.1, -0.05) is 0 Å². The molecule has 10 heteroatoms. The maximum atomic E-state index is 10.6. The van der Waals surface area contributed by atoms with Crippen molar-refractivity contribution in [2.24, 2.45) is 5.73 Å². The van der Waals surface area contributed by atoms with Crippen LogP contribution < -0.4 is 5.73 Å². The van der Waals surface area contributed by atoms with Gasteiger partial charge in [-0.3, -0.25) is 14.4 Å². The Labute approximate surface area is 146 Å². The predicted octanol–water partition coefficient (Wildman–Crippen LogP) is 0.333. The van der Waals surface area contributed by atoms with Crippen molar-refractivity contribution in [2.75, 3.05) is 0 Å². The van der Waals surface area contributed by atoms with E-state index in [2.05, 4.69) is 4.98 Å². The normalized spacial score (nSPS) is 11.3. The molecule has 26 heavy (non-hydrogen) atoms. The van der Waals surface area contributed by atoms with Crippen LogP contribution in [0.5, 0.6) is 5.75 Å². The summed E-state index contributed by atoms with van der Waals surface area (Å²) in [6.07, 6.45) is 1.08. The molecule has 0 amide bonds. The number of nitrogens with two attached hydrogens (primary N) is 1. The molecule has 0 aliphatic carbocycles. The van der Waals surface area contributed by atoms with E-state index >= 15 is 0 Å². The van der Waals surface area contributed by atoms with Crippen LogP contribution in [-0.2, 0) is 25.6 Å². The molecule has 1 heterocycles. The van der Waals surface area contributed by atoms with Crippen LogP contribution in [0.1, 0.15) is 18.4 Å². The van der Waals surface area contributed by atoms with Gasteiger partial charge in [-0.15, -0.1) is 0 Å². The van der Waals surface area contributed by atoms with Gasteiger partial charge in [-0.2, -0.15) is 0 Å². The third kappa shape index (κ3) is 6.24. The molecule has 140 valence electrons. The van der Waals surface area contributed by atoms with E-state index < -0.39 is 42.6 Å². The fraction of sp³-hybridized carbons (Fsp3) is 0.250. The van der Waals surface area contributed by atoms with Crippen molar-refractivity contribution >= 4 is 34.6 Å². The Morgan fingerprint density at radius 3 is 2.27 bits per heavy atom. The van der Waals surface area contributed by atoms with Crippen LogP contribution in [0.25, 0.3) is 10.9 Å². The Bertz CT molecular complexity index is 827. The fourth-order valence-electron chi connectivity index (χ4n) is 1.99. The SMILES string of the molecule is N[C@@H](Cc1c[nH]c2ccc(O)cc12)C(=O)O.O=C(O)CCC(=O)C(=O)O. The minimum absolute atomic E-state index is 0.150. The average Bonchev–Trinajstić information content (AvgIpc) is 2.95. The van der Waals surface area contributed by atoms with Crippen LogP contribution in [0.4, 0.5) is 0 Å². The van der Waals surface area contributed by atoms with Crippen LogP contribution in [0.15, 0.2) is 24.4 Å². The van der Waals surface area contributed by atoms with E-state index in [1.807, 2.05) is 0 Å². The lowest BCUT2D eigenvalue weighted by Crippen LogP contribution is -2.32. The molecule has 0 aliphatic heterocycles. The number of aromatic amines is 1. The van der Waals surface area contributed by atoms with Gasteiger partial charge in [-0.05, 0) is 23.8 Å². The van der Waals surface area contributed by atoms with Crippen LogP contribution >= 0.6 is 0 Å². The minimum Gasteiger partial charge on any atom is -0.508 e. The second-order valence-corrected chi connectivity index (χ2v) is 5.31. The average molecular weight is 366 g/mol. The molecule has 7 N–H and O–H groups in total. The molecule has 0 unspecified atom stereocenters. The van der Waals surface area contributed by atoms with Crippen molar-refractivity contribution in [3.63, 3.8) is 0 Å². The first-order valence-electron chi connectivity index (χ1n) is 7.37. The maximum absolute atomic E-state index is 10.6. The van der Waals surface area contributed by atoms with E-state index in [9.17, 15) is 24.3 Å². The first kappa shape index (κ1) is 20.6. The van der Waals surface area contributed by atoms with Crippen molar-refractivity contribution in [3.05, 3.63) is 30.0 Å². The van der Waals surface area contributed by atoms with Gasteiger partial charge in [0.05, 0.1) is 6.42 Å². The van der Waals surface area contributed by atoms with Gasteiger partial charge in [0, 0.05) is 29.9 Å². The number of carbonyl (C=O) groups excluding carboxylic acids is 1. The number of aromatic nitrogens is 1. The number of carboxylic acids is 3. The van der Waals surface area contributed by atoms with Crippen LogP contribution in [0.3, 0.4) is 0 Å². The summed E-state index contributed by atoms with van der Waals surface area (Å²) in [6, 6.07) is 3.97. The molecule has 2 aromatic rings. The number of hydrogen-bond acceptors (Lipinski definition) is 6. The van der Waals surface area contributed by atoms with Gasteiger partial charge in [0.25, 0.3) is 0 Å². The van der Waals surface area contributed by atoms with E-state index in [0.29, 0.717) is 0 Å². The smallest absolute Gasteiger partial charge is 0.372 e. The molecule has 1 aromatic heterocycles. The Hall–Kier alpha value is -3.40. The second-order valence-electron chi connectivity index (χ2n) is 5.31.